The van der Waals surface area contributed by atoms with Crippen LogP contribution in [-0.4, -0.2) is 45.1 Å². The third-order valence-corrected chi connectivity index (χ3v) is 6.20. The van der Waals surface area contributed by atoms with Gasteiger partial charge in [-0.05, 0) is 109 Å². The number of benzene rings is 2. The van der Waals surface area contributed by atoms with Gasteiger partial charge in [-0.25, -0.2) is 29.5 Å². The Bertz CT molecular complexity index is 1780. The average molecular weight is 754 g/mol. The molecule has 49 heavy (non-hydrogen) atoms. The lowest BCUT2D eigenvalue weighted by molar-refractivity contribution is -0.138. The largest absolute Gasteiger partial charge is 0.463 e. The number of nitrogens with zero attached hydrogens (tertiary/aromatic N) is 4. The van der Waals surface area contributed by atoms with E-state index >= 15 is 0 Å². The summed E-state index contributed by atoms with van der Waals surface area (Å²) in [5, 5.41) is 0. The summed E-state index contributed by atoms with van der Waals surface area (Å²) in [4.78, 5) is 37.6. The molecule has 0 fully saturated rings. The molecule has 0 spiro atoms. The first-order valence-corrected chi connectivity index (χ1v) is 15.1. The minimum absolute atomic E-state index is 0.148. The summed E-state index contributed by atoms with van der Waals surface area (Å²) in [7, 11) is 0. The van der Waals surface area contributed by atoms with Crippen molar-refractivity contribution in [2.75, 3.05) is 13.2 Å². The summed E-state index contributed by atoms with van der Waals surface area (Å²) < 4.78 is 86.6. The fourth-order valence-corrected chi connectivity index (χ4v) is 4.06. The minimum Gasteiger partial charge on any atom is -0.463 e. The number of hydrogen-bond acceptors (Lipinski definition) is 8. The van der Waals surface area contributed by atoms with Crippen LogP contribution in [0.5, 0.6) is 0 Å². The molecule has 0 aliphatic carbocycles. The zero-order valence-corrected chi connectivity index (χ0v) is 28.3. The standard InChI is InChI=1S/C17H15F3N2O2.C12H8BrF3N2.C5H8O2/c1-3-24-15(23)5-4-14-6-7-21-16(22-14)12-8-11(2)9-13(10-12)17(18,19)20;1-7-4-8(6-9(5-7)12(14,15)16)11-17-3-2-10(13)18-11;1-3-5(6)7-4-2/h4-10H,3H2,1-2H3;2-6H,1H3;3H,1,4H2,2H3/b5-4+;;. The van der Waals surface area contributed by atoms with E-state index in [0.29, 0.717) is 33.6 Å². The molecule has 0 unspecified atom stereocenters. The number of ether oxygens (including phenoxy) is 2. The molecule has 2 aromatic carbocycles. The summed E-state index contributed by atoms with van der Waals surface area (Å²) in [5.74, 6) is -0.469. The van der Waals surface area contributed by atoms with Gasteiger partial charge in [-0.15, -0.1) is 0 Å². The van der Waals surface area contributed by atoms with Crippen LogP contribution in [0.1, 0.15) is 41.8 Å². The molecule has 2 aromatic heterocycles. The van der Waals surface area contributed by atoms with Crippen molar-refractivity contribution in [1.29, 1.82) is 0 Å². The number of hydrogen-bond donors (Lipinski definition) is 0. The Morgan fingerprint density at radius 1 is 0.755 bits per heavy atom. The van der Waals surface area contributed by atoms with E-state index in [2.05, 4.69) is 47.2 Å². The lowest BCUT2D eigenvalue weighted by Crippen LogP contribution is -2.06. The number of esters is 2. The van der Waals surface area contributed by atoms with Gasteiger partial charge in [-0.3, -0.25) is 0 Å². The van der Waals surface area contributed by atoms with E-state index in [1.807, 2.05) is 0 Å². The zero-order valence-electron chi connectivity index (χ0n) is 26.7. The molecule has 2 heterocycles. The van der Waals surface area contributed by atoms with Crippen molar-refractivity contribution in [2.24, 2.45) is 0 Å². The van der Waals surface area contributed by atoms with Gasteiger partial charge >= 0.3 is 24.3 Å². The first-order chi connectivity index (χ1) is 23.0. The van der Waals surface area contributed by atoms with Crippen LogP contribution in [0.25, 0.3) is 28.9 Å². The Morgan fingerprint density at radius 2 is 1.22 bits per heavy atom. The van der Waals surface area contributed by atoms with Gasteiger partial charge in [0.1, 0.15) is 4.60 Å². The van der Waals surface area contributed by atoms with Crippen molar-refractivity contribution < 1.29 is 45.4 Å². The predicted octanol–water partition coefficient (Wildman–Crippen LogP) is 9.02. The summed E-state index contributed by atoms with van der Waals surface area (Å²) in [5.41, 5.74) is 0.523. The molecule has 8 nitrogen and oxygen atoms in total. The van der Waals surface area contributed by atoms with E-state index in [4.69, 9.17) is 4.74 Å². The maximum absolute atomic E-state index is 12.9. The second kappa shape index (κ2) is 18.6. The predicted molar refractivity (Wildman–Crippen MR) is 175 cm³/mol. The van der Waals surface area contributed by atoms with Crippen molar-refractivity contribution in [3.8, 4) is 22.8 Å². The molecule has 0 aliphatic rings. The molecule has 0 bridgehead atoms. The third kappa shape index (κ3) is 14.0. The normalized spacial score (nSPS) is 11.1. The van der Waals surface area contributed by atoms with E-state index in [0.717, 1.165) is 30.3 Å². The molecule has 260 valence electrons. The zero-order chi connectivity index (χ0) is 36.8. The van der Waals surface area contributed by atoms with Crippen LogP contribution in [-0.2, 0) is 31.4 Å². The fraction of sp³-hybridized carbons (Fsp3) is 0.235. The maximum atomic E-state index is 12.9. The number of carbonyl (C=O) groups is 2. The van der Waals surface area contributed by atoms with Crippen LogP contribution in [0.4, 0.5) is 26.3 Å². The van der Waals surface area contributed by atoms with Crippen molar-refractivity contribution >= 4 is 33.9 Å². The molecular formula is C34H31BrF6N4O4. The number of carbonyl (C=O) groups excluding carboxylic acids is 2. The van der Waals surface area contributed by atoms with Gasteiger partial charge in [0.15, 0.2) is 11.6 Å². The highest BCUT2D eigenvalue weighted by atomic mass is 79.9. The highest BCUT2D eigenvalue weighted by Gasteiger charge is 2.32. The Labute approximate surface area is 287 Å². The Balaban J connectivity index is 0.000000293. The maximum Gasteiger partial charge on any atom is 0.416 e. The lowest BCUT2D eigenvalue weighted by Gasteiger charge is -2.10. The van der Waals surface area contributed by atoms with Crippen LogP contribution < -0.4 is 0 Å². The highest BCUT2D eigenvalue weighted by Crippen LogP contribution is 2.33. The summed E-state index contributed by atoms with van der Waals surface area (Å²) in [6, 6.07) is 10.6. The smallest absolute Gasteiger partial charge is 0.416 e. The molecule has 0 saturated carbocycles. The van der Waals surface area contributed by atoms with Crippen LogP contribution in [0.15, 0.2) is 84.3 Å². The molecule has 0 saturated heterocycles. The quantitative estimate of drug-likeness (QED) is 0.0798. The van der Waals surface area contributed by atoms with Crippen molar-refractivity contribution in [2.45, 2.75) is 40.0 Å². The average Bonchev–Trinajstić information content (AvgIpc) is 3.03. The highest BCUT2D eigenvalue weighted by molar-refractivity contribution is 9.10. The molecule has 0 amide bonds. The van der Waals surface area contributed by atoms with Crippen LogP contribution in [0.3, 0.4) is 0 Å². The minimum atomic E-state index is -4.44. The van der Waals surface area contributed by atoms with E-state index in [1.165, 1.54) is 24.5 Å². The summed E-state index contributed by atoms with van der Waals surface area (Å²) in [6.45, 7) is 10.5. The first-order valence-electron chi connectivity index (χ1n) is 14.3. The number of aryl methyl sites for hydroxylation is 2. The van der Waals surface area contributed by atoms with E-state index in [-0.39, 0.29) is 29.8 Å². The van der Waals surface area contributed by atoms with Crippen LogP contribution >= 0.6 is 15.9 Å². The van der Waals surface area contributed by atoms with Crippen molar-refractivity contribution in [3.63, 3.8) is 0 Å². The second-order valence-corrected chi connectivity index (χ2v) is 10.5. The summed E-state index contributed by atoms with van der Waals surface area (Å²) in [6.07, 6.45) is -2.14. The van der Waals surface area contributed by atoms with Gasteiger partial charge in [0.25, 0.3) is 0 Å². The Morgan fingerprint density at radius 3 is 1.65 bits per heavy atom. The fourth-order valence-electron chi connectivity index (χ4n) is 3.78. The van der Waals surface area contributed by atoms with Crippen molar-refractivity contribution in [1.82, 2.24) is 19.9 Å². The number of alkyl halides is 6. The van der Waals surface area contributed by atoms with Gasteiger partial charge in [0.05, 0.1) is 30.0 Å². The third-order valence-electron chi connectivity index (χ3n) is 5.75. The van der Waals surface area contributed by atoms with E-state index < -0.39 is 29.4 Å². The van der Waals surface area contributed by atoms with Gasteiger partial charge < -0.3 is 9.47 Å². The molecular weight excluding hydrogens is 722 g/mol. The Hall–Kier alpha value is -4.92. The number of aromatic nitrogens is 4. The Kier molecular flexibility index (Phi) is 15.3. The van der Waals surface area contributed by atoms with Gasteiger partial charge in [0.2, 0.25) is 0 Å². The number of halogens is 7. The van der Waals surface area contributed by atoms with Gasteiger partial charge in [-0.1, -0.05) is 6.58 Å². The molecule has 15 heteroatoms. The van der Waals surface area contributed by atoms with Gasteiger partial charge in [-0.2, -0.15) is 26.3 Å². The molecule has 4 rings (SSSR count). The molecule has 0 radical (unpaired) electrons. The van der Waals surface area contributed by atoms with E-state index in [9.17, 15) is 35.9 Å². The van der Waals surface area contributed by atoms with Crippen LogP contribution in [0.2, 0.25) is 0 Å². The van der Waals surface area contributed by atoms with E-state index in [1.54, 1.807) is 52.0 Å². The first kappa shape index (κ1) is 40.3. The van der Waals surface area contributed by atoms with Gasteiger partial charge in [0, 0.05) is 35.7 Å². The van der Waals surface area contributed by atoms with Crippen molar-refractivity contribution in [3.05, 3.63) is 112 Å². The number of rotatable bonds is 7. The van der Waals surface area contributed by atoms with Crippen LogP contribution in [0, 0.1) is 13.8 Å². The second-order valence-electron chi connectivity index (χ2n) is 9.72. The summed E-state index contributed by atoms with van der Waals surface area (Å²) >= 11 is 3.16. The molecule has 0 atom stereocenters. The molecule has 0 aliphatic heterocycles. The topological polar surface area (TPSA) is 104 Å². The monoisotopic (exact) mass is 752 g/mol. The molecule has 0 N–H and O–H groups in total. The molecule has 4 aromatic rings. The SMILES string of the molecule is C=CC(=O)OCC.CCOC(=O)/C=C/c1ccnc(-c2cc(C)cc(C(F)(F)F)c2)n1.Cc1cc(-c2nccc(Br)n2)cc(C(F)(F)F)c1. The lowest BCUT2D eigenvalue weighted by atomic mass is 10.1.